The van der Waals surface area contributed by atoms with Gasteiger partial charge in [0.1, 0.15) is 5.75 Å². The summed E-state index contributed by atoms with van der Waals surface area (Å²) < 4.78 is 5.47. The number of benzene rings is 1. The van der Waals surface area contributed by atoms with Crippen LogP contribution in [0.2, 0.25) is 5.02 Å². The minimum atomic E-state index is -0.0122. The standard InChI is InChI=1S/C16H25ClN2O2/c1-4-21-16-6-5-13(9-14(16)17)15(11-20)19-8-7-18(3)10-12(19)2/h5-6,9,12,15,20H,4,7-8,10-11H2,1-3H3. The molecule has 2 rings (SSSR count). The molecule has 0 bridgehead atoms. The number of hydrogen-bond donors (Lipinski definition) is 1. The molecule has 1 heterocycles. The molecule has 1 saturated heterocycles. The molecule has 1 aromatic carbocycles. The first-order chi connectivity index (χ1) is 10.1. The van der Waals surface area contributed by atoms with Crippen LogP contribution in [0.4, 0.5) is 0 Å². The largest absolute Gasteiger partial charge is 0.492 e. The minimum absolute atomic E-state index is 0.0122. The molecular weight excluding hydrogens is 288 g/mol. The zero-order valence-corrected chi connectivity index (χ0v) is 13.8. The van der Waals surface area contributed by atoms with Gasteiger partial charge >= 0.3 is 0 Å². The van der Waals surface area contributed by atoms with Gasteiger partial charge in [-0.15, -0.1) is 0 Å². The first kappa shape index (κ1) is 16.6. The summed E-state index contributed by atoms with van der Waals surface area (Å²) >= 11 is 6.27. The van der Waals surface area contributed by atoms with Crippen LogP contribution in [0.1, 0.15) is 25.5 Å². The summed E-state index contributed by atoms with van der Waals surface area (Å²) in [6.07, 6.45) is 0. The second kappa shape index (κ2) is 7.45. The maximum Gasteiger partial charge on any atom is 0.137 e. The molecule has 2 atom stereocenters. The minimum Gasteiger partial charge on any atom is -0.492 e. The smallest absolute Gasteiger partial charge is 0.137 e. The first-order valence-electron chi connectivity index (χ1n) is 7.54. The van der Waals surface area contributed by atoms with E-state index in [2.05, 4.69) is 23.8 Å². The molecule has 0 aliphatic carbocycles. The predicted octanol–water partition coefficient (Wildman–Crippen LogP) is 2.41. The van der Waals surface area contributed by atoms with E-state index in [-0.39, 0.29) is 12.6 Å². The molecule has 1 aliphatic rings. The van der Waals surface area contributed by atoms with Crippen LogP contribution in [-0.4, -0.2) is 60.8 Å². The number of rotatable bonds is 5. The summed E-state index contributed by atoms with van der Waals surface area (Å²) in [6, 6.07) is 6.21. The van der Waals surface area contributed by atoms with Crippen molar-refractivity contribution in [3.8, 4) is 5.75 Å². The molecule has 0 aromatic heterocycles. The normalized spacial score (nSPS) is 22.2. The van der Waals surface area contributed by atoms with Crippen molar-refractivity contribution in [1.82, 2.24) is 9.80 Å². The third-order valence-electron chi connectivity index (χ3n) is 4.10. The van der Waals surface area contributed by atoms with E-state index in [9.17, 15) is 5.11 Å². The zero-order chi connectivity index (χ0) is 15.4. The molecule has 0 spiro atoms. The number of aliphatic hydroxyl groups excluding tert-OH is 1. The SMILES string of the molecule is CCOc1ccc(C(CO)N2CCN(C)CC2C)cc1Cl. The number of nitrogens with zero attached hydrogens (tertiary/aromatic N) is 2. The van der Waals surface area contributed by atoms with Crippen LogP contribution >= 0.6 is 11.6 Å². The average Bonchev–Trinajstić information content (AvgIpc) is 2.45. The number of hydrogen-bond acceptors (Lipinski definition) is 4. The number of halogens is 1. The summed E-state index contributed by atoms with van der Waals surface area (Å²) in [4.78, 5) is 4.67. The predicted molar refractivity (Wildman–Crippen MR) is 86.1 cm³/mol. The molecule has 4 nitrogen and oxygen atoms in total. The Balaban J connectivity index is 2.19. The Kier molecular flexibility index (Phi) is 5.88. The Bertz CT molecular complexity index is 470. The van der Waals surface area contributed by atoms with Gasteiger partial charge in [-0.05, 0) is 38.6 Å². The highest BCUT2D eigenvalue weighted by Gasteiger charge is 2.29. The summed E-state index contributed by atoms with van der Waals surface area (Å²) in [5, 5.41) is 10.5. The number of aliphatic hydroxyl groups is 1. The number of piperazine rings is 1. The van der Waals surface area contributed by atoms with Gasteiger partial charge in [-0.25, -0.2) is 0 Å². The highest BCUT2D eigenvalue weighted by Crippen LogP contribution is 2.31. The van der Waals surface area contributed by atoms with Gasteiger partial charge in [-0.2, -0.15) is 0 Å². The molecule has 1 N–H and O–H groups in total. The van der Waals surface area contributed by atoms with E-state index in [4.69, 9.17) is 16.3 Å². The number of likely N-dealkylation sites (N-methyl/N-ethyl adjacent to an activating group) is 1. The summed E-state index contributed by atoms with van der Waals surface area (Å²) in [5.41, 5.74) is 1.04. The Morgan fingerprint density at radius 3 is 2.76 bits per heavy atom. The van der Waals surface area contributed by atoms with E-state index in [0.717, 1.165) is 25.2 Å². The van der Waals surface area contributed by atoms with Crippen LogP contribution in [0.15, 0.2) is 18.2 Å². The van der Waals surface area contributed by atoms with Crippen molar-refractivity contribution < 1.29 is 9.84 Å². The van der Waals surface area contributed by atoms with E-state index in [1.807, 2.05) is 25.1 Å². The van der Waals surface area contributed by atoms with Crippen molar-refractivity contribution in [3.05, 3.63) is 28.8 Å². The fourth-order valence-electron chi connectivity index (χ4n) is 3.02. The van der Waals surface area contributed by atoms with Crippen LogP contribution in [0.25, 0.3) is 0 Å². The molecule has 1 aromatic rings. The molecule has 1 fully saturated rings. The Labute approximate surface area is 132 Å². The lowest BCUT2D eigenvalue weighted by Crippen LogP contribution is -2.52. The van der Waals surface area contributed by atoms with E-state index in [1.54, 1.807) is 0 Å². The van der Waals surface area contributed by atoms with E-state index in [0.29, 0.717) is 23.4 Å². The average molecular weight is 313 g/mol. The van der Waals surface area contributed by atoms with Gasteiger partial charge < -0.3 is 14.7 Å². The van der Waals surface area contributed by atoms with E-state index >= 15 is 0 Å². The van der Waals surface area contributed by atoms with Gasteiger partial charge in [-0.1, -0.05) is 17.7 Å². The van der Waals surface area contributed by atoms with E-state index in [1.165, 1.54) is 0 Å². The number of ether oxygens (including phenoxy) is 1. The van der Waals surface area contributed by atoms with Crippen molar-refractivity contribution in [2.24, 2.45) is 0 Å². The van der Waals surface area contributed by atoms with Crippen molar-refractivity contribution in [1.29, 1.82) is 0 Å². The van der Waals surface area contributed by atoms with Crippen LogP contribution < -0.4 is 4.74 Å². The lowest BCUT2D eigenvalue weighted by atomic mass is 10.0. The molecule has 0 amide bonds. The maximum absolute atomic E-state index is 9.85. The van der Waals surface area contributed by atoms with Crippen molar-refractivity contribution >= 4 is 11.6 Å². The van der Waals surface area contributed by atoms with Crippen LogP contribution in [0, 0.1) is 0 Å². The van der Waals surface area contributed by atoms with Gasteiger partial charge in [0.05, 0.1) is 24.3 Å². The summed E-state index contributed by atoms with van der Waals surface area (Å²) in [6.45, 7) is 7.82. The molecule has 21 heavy (non-hydrogen) atoms. The zero-order valence-electron chi connectivity index (χ0n) is 13.1. The molecular formula is C16H25ClN2O2. The molecule has 2 unspecified atom stereocenters. The molecule has 0 saturated carbocycles. The van der Waals surface area contributed by atoms with Crippen molar-refractivity contribution in [2.75, 3.05) is 39.9 Å². The first-order valence-corrected chi connectivity index (χ1v) is 7.92. The third-order valence-corrected chi connectivity index (χ3v) is 4.39. The van der Waals surface area contributed by atoms with Crippen LogP contribution in [0.5, 0.6) is 5.75 Å². The molecule has 5 heteroatoms. The third kappa shape index (κ3) is 3.89. The van der Waals surface area contributed by atoms with Gasteiger partial charge in [0, 0.05) is 25.7 Å². The van der Waals surface area contributed by atoms with Gasteiger partial charge in [0.15, 0.2) is 0 Å². The fourth-order valence-corrected chi connectivity index (χ4v) is 3.26. The van der Waals surface area contributed by atoms with Crippen LogP contribution in [-0.2, 0) is 0 Å². The summed E-state index contributed by atoms with van der Waals surface area (Å²) in [5.74, 6) is 0.700. The highest BCUT2D eigenvalue weighted by atomic mass is 35.5. The van der Waals surface area contributed by atoms with Gasteiger partial charge in [-0.3, -0.25) is 4.90 Å². The van der Waals surface area contributed by atoms with Gasteiger partial charge in [0.25, 0.3) is 0 Å². The highest BCUT2D eigenvalue weighted by molar-refractivity contribution is 6.32. The quantitative estimate of drug-likeness (QED) is 0.906. The van der Waals surface area contributed by atoms with Crippen LogP contribution in [0.3, 0.4) is 0 Å². The lowest BCUT2D eigenvalue weighted by Gasteiger charge is -2.42. The van der Waals surface area contributed by atoms with Gasteiger partial charge in [0.2, 0.25) is 0 Å². The van der Waals surface area contributed by atoms with E-state index < -0.39 is 0 Å². The Morgan fingerprint density at radius 2 is 2.19 bits per heavy atom. The van der Waals surface area contributed by atoms with Crippen molar-refractivity contribution in [3.63, 3.8) is 0 Å². The maximum atomic E-state index is 9.85. The molecule has 1 aliphatic heterocycles. The second-order valence-electron chi connectivity index (χ2n) is 5.67. The fraction of sp³-hybridized carbons (Fsp3) is 0.625. The Hall–Kier alpha value is -0.810. The van der Waals surface area contributed by atoms with Crippen molar-refractivity contribution in [2.45, 2.75) is 25.9 Å². The topological polar surface area (TPSA) is 35.9 Å². The second-order valence-corrected chi connectivity index (χ2v) is 6.08. The monoisotopic (exact) mass is 312 g/mol. The molecule has 118 valence electrons. The Morgan fingerprint density at radius 1 is 1.43 bits per heavy atom. The lowest BCUT2D eigenvalue weighted by molar-refractivity contribution is 0.0341. The summed E-state index contributed by atoms with van der Waals surface area (Å²) in [7, 11) is 2.13. The molecule has 0 radical (unpaired) electrons.